The van der Waals surface area contributed by atoms with Crippen LogP contribution >= 0.6 is 11.3 Å². The molecule has 1 N–H and O–H groups in total. The minimum Gasteiger partial charge on any atom is -0.497 e. The standard InChI is InChI=1S/C24H27N5O3S/c1-15-7-6-8-18(9-15)29-23-22(16(2)27-29)33-24(26-23)28(3)14-21(30)25-13-17-10-19(31-4)12-20(11-17)32-5/h6-12H,13-14H2,1-5H3,(H,25,30). The van der Waals surface area contributed by atoms with Crippen LogP contribution in [0.2, 0.25) is 0 Å². The molecule has 33 heavy (non-hydrogen) atoms. The number of carbonyl (C=O) groups is 1. The number of ether oxygens (including phenoxy) is 2. The van der Waals surface area contributed by atoms with Crippen LogP contribution in [0.4, 0.5) is 5.13 Å². The Morgan fingerprint density at radius 1 is 1.12 bits per heavy atom. The molecule has 4 aromatic rings. The molecule has 1 amide bonds. The van der Waals surface area contributed by atoms with E-state index in [0.29, 0.717) is 18.0 Å². The summed E-state index contributed by atoms with van der Waals surface area (Å²) in [6, 6.07) is 13.7. The first-order valence-electron chi connectivity index (χ1n) is 10.5. The van der Waals surface area contributed by atoms with E-state index in [4.69, 9.17) is 14.5 Å². The molecule has 0 bridgehead atoms. The predicted octanol–water partition coefficient (Wildman–Crippen LogP) is 3.87. The van der Waals surface area contributed by atoms with Gasteiger partial charge in [-0.05, 0) is 49.2 Å². The Kier molecular flexibility index (Phi) is 6.50. The van der Waals surface area contributed by atoms with Gasteiger partial charge >= 0.3 is 0 Å². The highest BCUT2D eigenvalue weighted by Crippen LogP contribution is 2.32. The third-order valence-corrected chi connectivity index (χ3v) is 6.50. The summed E-state index contributed by atoms with van der Waals surface area (Å²) in [4.78, 5) is 19.2. The maximum Gasteiger partial charge on any atom is 0.239 e. The Hall–Kier alpha value is -3.59. The van der Waals surface area contributed by atoms with Gasteiger partial charge in [0.15, 0.2) is 10.8 Å². The summed E-state index contributed by atoms with van der Waals surface area (Å²) < 4.78 is 13.5. The van der Waals surface area contributed by atoms with Crippen LogP contribution in [-0.4, -0.2) is 48.5 Å². The van der Waals surface area contributed by atoms with E-state index in [-0.39, 0.29) is 12.5 Å². The van der Waals surface area contributed by atoms with Crippen molar-refractivity contribution < 1.29 is 14.3 Å². The smallest absolute Gasteiger partial charge is 0.239 e. The number of aryl methyl sites for hydroxylation is 2. The van der Waals surface area contributed by atoms with Crippen molar-refractivity contribution in [3.63, 3.8) is 0 Å². The van der Waals surface area contributed by atoms with Gasteiger partial charge in [0.2, 0.25) is 5.91 Å². The van der Waals surface area contributed by atoms with E-state index >= 15 is 0 Å². The summed E-state index contributed by atoms with van der Waals surface area (Å²) in [7, 11) is 5.07. The number of nitrogens with one attached hydrogen (secondary N) is 1. The van der Waals surface area contributed by atoms with Crippen molar-refractivity contribution in [2.45, 2.75) is 20.4 Å². The zero-order valence-corrected chi connectivity index (χ0v) is 20.2. The average molecular weight is 466 g/mol. The number of likely N-dealkylation sites (N-methyl/N-ethyl adjacent to an activating group) is 1. The number of fused-ring (bicyclic) bond motifs is 1. The fraction of sp³-hybridized carbons (Fsp3) is 0.292. The number of aromatic nitrogens is 3. The Labute approximate surface area is 196 Å². The Morgan fingerprint density at radius 2 is 1.85 bits per heavy atom. The molecule has 0 unspecified atom stereocenters. The molecule has 2 heterocycles. The SMILES string of the molecule is COc1cc(CNC(=O)CN(C)c2nc3c(s2)c(C)nn3-c2cccc(C)c2)cc(OC)c1. The summed E-state index contributed by atoms with van der Waals surface area (Å²) >= 11 is 1.54. The zero-order chi connectivity index (χ0) is 23.5. The van der Waals surface area contributed by atoms with Gasteiger partial charge < -0.3 is 19.7 Å². The number of benzene rings is 2. The number of rotatable bonds is 8. The van der Waals surface area contributed by atoms with Crippen molar-refractivity contribution in [1.29, 1.82) is 0 Å². The largest absolute Gasteiger partial charge is 0.497 e. The summed E-state index contributed by atoms with van der Waals surface area (Å²) in [6.45, 7) is 4.60. The molecule has 0 aliphatic heterocycles. The first-order valence-corrected chi connectivity index (χ1v) is 11.3. The second kappa shape index (κ2) is 9.50. The van der Waals surface area contributed by atoms with E-state index in [1.54, 1.807) is 20.3 Å². The molecule has 0 spiro atoms. The van der Waals surface area contributed by atoms with Gasteiger partial charge in [-0.25, -0.2) is 4.68 Å². The van der Waals surface area contributed by atoms with Crippen LogP contribution < -0.4 is 19.7 Å². The summed E-state index contributed by atoms with van der Waals surface area (Å²) in [5.41, 5.74) is 4.75. The van der Waals surface area contributed by atoms with Crippen molar-refractivity contribution >= 4 is 32.7 Å². The fourth-order valence-electron chi connectivity index (χ4n) is 3.53. The molecule has 2 aromatic carbocycles. The number of hydrogen-bond donors (Lipinski definition) is 1. The molecule has 0 atom stereocenters. The van der Waals surface area contributed by atoms with E-state index in [1.807, 2.05) is 47.8 Å². The second-order valence-corrected chi connectivity index (χ2v) is 8.82. The lowest BCUT2D eigenvalue weighted by Crippen LogP contribution is -2.34. The molecule has 172 valence electrons. The van der Waals surface area contributed by atoms with Crippen molar-refractivity contribution in [2.24, 2.45) is 0 Å². The minimum atomic E-state index is -0.101. The number of methoxy groups -OCH3 is 2. The van der Waals surface area contributed by atoms with E-state index in [1.165, 1.54) is 11.3 Å². The molecule has 9 heteroatoms. The van der Waals surface area contributed by atoms with Gasteiger partial charge in [-0.15, -0.1) is 0 Å². The highest BCUT2D eigenvalue weighted by Gasteiger charge is 2.18. The van der Waals surface area contributed by atoms with Crippen molar-refractivity contribution in [3.8, 4) is 17.2 Å². The zero-order valence-electron chi connectivity index (χ0n) is 19.4. The first kappa shape index (κ1) is 22.6. The van der Waals surface area contributed by atoms with Gasteiger partial charge in [-0.3, -0.25) is 4.79 Å². The fourth-order valence-corrected chi connectivity index (χ4v) is 4.48. The van der Waals surface area contributed by atoms with Gasteiger partial charge in [0, 0.05) is 19.7 Å². The van der Waals surface area contributed by atoms with Gasteiger partial charge in [0.05, 0.1) is 36.8 Å². The van der Waals surface area contributed by atoms with E-state index in [0.717, 1.165) is 38.0 Å². The van der Waals surface area contributed by atoms with Crippen molar-refractivity contribution in [3.05, 3.63) is 59.3 Å². The lowest BCUT2D eigenvalue weighted by Gasteiger charge is -2.15. The Morgan fingerprint density at radius 3 is 2.52 bits per heavy atom. The molecule has 4 rings (SSSR count). The molecule has 0 aliphatic rings. The monoisotopic (exact) mass is 465 g/mol. The van der Waals surface area contributed by atoms with Crippen LogP contribution in [0.15, 0.2) is 42.5 Å². The second-order valence-electron chi connectivity index (χ2n) is 7.84. The van der Waals surface area contributed by atoms with E-state index in [2.05, 4.69) is 29.5 Å². The number of amides is 1. The summed E-state index contributed by atoms with van der Waals surface area (Å²) in [6.07, 6.45) is 0. The van der Waals surface area contributed by atoms with Gasteiger partial charge in [-0.1, -0.05) is 23.5 Å². The maximum atomic E-state index is 12.6. The normalized spacial score (nSPS) is 10.9. The third-order valence-electron chi connectivity index (χ3n) is 5.23. The van der Waals surface area contributed by atoms with Crippen LogP contribution in [0.3, 0.4) is 0 Å². The number of anilines is 1. The Bertz CT molecular complexity index is 1270. The van der Waals surface area contributed by atoms with Gasteiger partial charge in [-0.2, -0.15) is 10.1 Å². The molecular formula is C24H27N5O3S. The van der Waals surface area contributed by atoms with Crippen LogP contribution in [-0.2, 0) is 11.3 Å². The van der Waals surface area contributed by atoms with Gasteiger partial charge in [0.1, 0.15) is 11.5 Å². The molecule has 0 saturated heterocycles. The first-order chi connectivity index (χ1) is 15.9. The number of thiazole rings is 1. The molecule has 8 nitrogen and oxygen atoms in total. The number of nitrogens with zero attached hydrogens (tertiary/aromatic N) is 4. The number of carbonyl (C=O) groups excluding carboxylic acids is 1. The Balaban J connectivity index is 1.46. The van der Waals surface area contributed by atoms with Gasteiger partial charge in [0.25, 0.3) is 0 Å². The topological polar surface area (TPSA) is 81.5 Å². The summed E-state index contributed by atoms with van der Waals surface area (Å²) in [5, 5.41) is 8.38. The van der Waals surface area contributed by atoms with E-state index in [9.17, 15) is 4.79 Å². The van der Waals surface area contributed by atoms with Crippen LogP contribution in [0, 0.1) is 13.8 Å². The highest BCUT2D eigenvalue weighted by atomic mass is 32.1. The van der Waals surface area contributed by atoms with Crippen LogP contribution in [0.5, 0.6) is 11.5 Å². The maximum absolute atomic E-state index is 12.6. The van der Waals surface area contributed by atoms with Crippen LogP contribution in [0.1, 0.15) is 16.8 Å². The quantitative estimate of drug-likeness (QED) is 0.426. The molecular weight excluding hydrogens is 438 g/mol. The van der Waals surface area contributed by atoms with E-state index < -0.39 is 0 Å². The summed E-state index contributed by atoms with van der Waals surface area (Å²) in [5.74, 6) is 1.27. The molecule has 0 aliphatic carbocycles. The number of hydrogen-bond acceptors (Lipinski definition) is 7. The van der Waals surface area contributed by atoms with Crippen LogP contribution in [0.25, 0.3) is 16.0 Å². The molecule has 0 fully saturated rings. The third kappa shape index (κ3) is 4.93. The lowest BCUT2D eigenvalue weighted by molar-refractivity contribution is -0.119. The van der Waals surface area contributed by atoms with Crippen molar-refractivity contribution in [2.75, 3.05) is 32.7 Å². The lowest BCUT2D eigenvalue weighted by atomic mass is 10.2. The highest BCUT2D eigenvalue weighted by molar-refractivity contribution is 7.22. The predicted molar refractivity (Wildman–Crippen MR) is 131 cm³/mol. The molecule has 0 radical (unpaired) electrons. The average Bonchev–Trinajstić information content (AvgIpc) is 3.38. The van der Waals surface area contributed by atoms with Crippen molar-refractivity contribution in [1.82, 2.24) is 20.1 Å². The minimum absolute atomic E-state index is 0.101. The molecule has 0 saturated carbocycles. The molecule has 2 aromatic heterocycles.